The van der Waals surface area contributed by atoms with Gasteiger partial charge >= 0.3 is 18.0 Å². The zero-order chi connectivity index (χ0) is 17.0. The fraction of sp³-hybridized carbons (Fsp3) is 0.400. The van der Waals surface area contributed by atoms with Gasteiger partial charge in [-0.1, -0.05) is 30.3 Å². The van der Waals surface area contributed by atoms with Crippen LogP contribution in [-0.4, -0.2) is 39.4 Å². The lowest BCUT2D eigenvalue weighted by atomic mass is 9.91. The van der Waals surface area contributed by atoms with E-state index in [2.05, 4.69) is 0 Å². The molecular formula is C15H19NO6. The van der Waals surface area contributed by atoms with E-state index in [0.29, 0.717) is 5.56 Å². The van der Waals surface area contributed by atoms with Gasteiger partial charge in [-0.3, -0.25) is 5.32 Å². The van der Waals surface area contributed by atoms with Crippen LogP contribution in [0.3, 0.4) is 0 Å². The van der Waals surface area contributed by atoms with Gasteiger partial charge in [0, 0.05) is 6.42 Å². The molecule has 0 aliphatic heterocycles. The molecule has 0 atom stereocenters. The quantitative estimate of drug-likeness (QED) is 0.713. The maximum absolute atomic E-state index is 11.8. The van der Waals surface area contributed by atoms with Gasteiger partial charge in [-0.05, 0) is 26.3 Å². The van der Waals surface area contributed by atoms with Crippen molar-refractivity contribution >= 4 is 18.0 Å². The number of hydrogen-bond acceptors (Lipinski definition) is 4. The molecule has 0 saturated carbocycles. The summed E-state index contributed by atoms with van der Waals surface area (Å²) in [5.74, 6) is -3.34. The molecule has 0 saturated heterocycles. The Balaban J connectivity index is 3.09. The number of carbonyl (C=O) groups excluding carboxylic acids is 1. The topological polar surface area (TPSA) is 113 Å². The first kappa shape index (κ1) is 17.5. The largest absolute Gasteiger partial charge is 0.479 e. The summed E-state index contributed by atoms with van der Waals surface area (Å²) >= 11 is 0. The van der Waals surface area contributed by atoms with Gasteiger partial charge in [0.2, 0.25) is 5.54 Å². The highest BCUT2D eigenvalue weighted by Gasteiger charge is 2.49. The number of carboxylic acids is 2. The molecule has 1 aromatic rings. The Bertz CT molecular complexity index is 547. The van der Waals surface area contributed by atoms with E-state index in [4.69, 9.17) is 4.74 Å². The molecule has 0 aliphatic carbocycles. The zero-order valence-electron chi connectivity index (χ0n) is 12.6. The maximum Gasteiger partial charge on any atom is 0.409 e. The summed E-state index contributed by atoms with van der Waals surface area (Å²) in [6.45, 7) is 4.77. The fourth-order valence-electron chi connectivity index (χ4n) is 1.77. The van der Waals surface area contributed by atoms with Crippen molar-refractivity contribution in [3.8, 4) is 0 Å². The van der Waals surface area contributed by atoms with Crippen LogP contribution in [0, 0.1) is 0 Å². The second kappa shape index (κ2) is 6.46. The van der Waals surface area contributed by atoms with Gasteiger partial charge in [0.05, 0.1) is 0 Å². The number of carboxylic acid groups (broad SMARTS) is 2. The zero-order valence-corrected chi connectivity index (χ0v) is 12.6. The van der Waals surface area contributed by atoms with Crippen LogP contribution >= 0.6 is 0 Å². The average Bonchev–Trinajstić information content (AvgIpc) is 2.36. The minimum Gasteiger partial charge on any atom is -0.479 e. The molecule has 0 heterocycles. The molecule has 0 bridgehead atoms. The van der Waals surface area contributed by atoms with E-state index in [1.165, 1.54) is 0 Å². The molecule has 0 radical (unpaired) electrons. The van der Waals surface area contributed by atoms with E-state index < -0.39 is 35.6 Å². The predicted octanol–water partition coefficient (Wildman–Crippen LogP) is 1.66. The van der Waals surface area contributed by atoms with Crippen LogP contribution in [-0.2, 0) is 20.7 Å². The third-order valence-corrected chi connectivity index (χ3v) is 2.76. The van der Waals surface area contributed by atoms with Gasteiger partial charge in [-0.2, -0.15) is 0 Å². The maximum atomic E-state index is 11.8. The van der Waals surface area contributed by atoms with Crippen LogP contribution < -0.4 is 5.32 Å². The SMILES string of the molecule is CC(C)(C)OC(=O)NC(Cc1ccccc1)(C(=O)O)C(=O)O. The second-order valence-electron chi connectivity index (χ2n) is 5.80. The summed E-state index contributed by atoms with van der Waals surface area (Å²) in [5.41, 5.74) is -2.91. The Morgan fingerprint density at radius 3 is 1.95 bits per heavy atom. The number of hydrogen-bond donors (Lipinski definition) is 3. The lowest BCUT2D eigenvalue weighted by molar-refractivity contribution is -0.159. The molecule has 3 N–H and O–H groups in total. The van der Waals surface area contributed by atoms with Crippen LogP contribution in [0.5, 0.6) is 0 Å². The van der Waals surface area contributed by atoms with E-state index in [1.54, 1.807) is 51.1 Å². The van der Waals surface area contributed by atoms with E-state index in [9.17, 15) is 24.6 Å². The molecule has 0 aliphatic rings. The van der Waals surface area contributed by atoms with Crippen molar-refractivity contribution in [2.45, 2.75) is 38.3 Å². The highest BCUT2D eigenvalue weighted by atomic mass is 16.6. The van der Waals surface area contributed by atoms with E-state index in [-0.39, 0.29) is 0 Å². The Morgan fingerprint density at radius 2 is 1.55 bits per heavy atom. The first-order valence-corrected chi connectivity index (χ1v) is 6.59. The number of nitrogens with one attached hydrogen (secondary N) is 1. The van der Waals surface area contributed by atoms with Crippen molar-refractivity contribution in [1.82, 2.24) is 5.32 Å². The van der Waals surface area contributed by atoms with Gasteiger partial charge in [0.1, 0.15) is 5.60 Å². The Morgan fingerprint density at radius 1 is 1.05 bits per heavy atom. The number of rotatable bonds is 5. The molecule has 1 rings (SSSR count). The number of aliphatic carboxylic acids is 2. The fourth-order valence-corrected chi connectivity index (χ4v) is 1.77. The first-order chi connectivity index (χ1) is 10.1. The number of alkyl carbamates (subject to hydrolysis) is 1. The van der Waals surface area contributed by atoms with E-state index in [0.717, 1.165) is 0 Å². The Labute approximate surface area is 127 Å². The highest BCUT2D eigenvalue weighted by Crippen LogP contribution is 2.17. The molecule has 0 fully saturated rings. The van der Waals surface area contributed by atoms with Crippen molar-refractivity contribution in [3.63, 3.8) is 0 Å². The van der Waals surface area contributed by atoms with Crippen molar-refractivity contribution in [2.24, 2.45) is 0 Å². The molecule has 7 nitrogen and oxygen atoms in total. The molecule has 120 valence electrons. The lowest BCUT2D eigenvalue weighted by Gasteiger charge is -2.28. The van der Waals surface area contributed by atoms with Crippen molar-refractivity contribution < 1.29 is 29.3 Å². The van der Waals surface area contributed by atoms with Gasteiger partial charge in [0.15, 0.2) is 0 Å². The van der Waals surface area contributed by atoms with Crippen LogP contribution in [0.2, 0.25) is 0 Å². The summed E-state index contributed by atoms with van der Waals surface area (Å²) in [4.78, 5) is 34.8. The minimum atomic E-state index is -2.50. The summed E-state index contributed by atoms with van der Waals surface area (Å²) in [6.07, 6.45) is -1.51. The molecule has 1 amide bonds. The van der Waals surface area contributed by atoms with E-state index in [1.807, 2.05) is 5.32 Å². The minimum absolute atomic E-state index is 0.405. The molecule has 7 heteroatoms. The number of ether oxygens (including phenoxy) is 1. The lowest BCUT2D eigenvalue weighted by Crippen LogP contribution is -2.62. The summed E-state index contributed by atoms with van der Waals surface area (Å²) in [7, 11) is 0. The highest BCUT2D eigenvalue weighted by molar-refractivity contribution is 6.06. The monoisotopic (exact) mass is 309 g/mol. The van der Waals surface area contributed by atoms with Crippen molar-refractivity contribution in [3.05, 3.63) is 35.9 Å². The van der Waals surface area contributed by atoms with Crippen molar-refractivity contribution in [1.29, 1.82) is 0 Å². The third-order valence-electron chi connectivity index (χ3n) is 2.76. The summed E-state index contributed by atoms with van der Waals surface area (Å²) in [5, 5.41) is 20.7. The van der Waals surface area contributed by atoms with Gasteiger partial charge < -0.3 is 14.9 Å². The smallest absolute Gasteiger partial charge is 0.409 e. The predicted molar refractivity (Wildman–Crippen MR) is 77.5 cm³/mol. The number of carbonyl (C=O) groups is 3. The van der Waals surface area contributed by atoms with Crippen LogP contribution in [0.1, 0.15) is 26.3 Å². The second-order valence-corrected chi connectivity index (χ2v) is 5.80. The standard InChI is InChI=1S/C15H19NO6/c1-14(2,3)22-13(21)16-15(11(17)18,12(19)20)9-10-7-5-4-6-8-10/h4-8H,9H2,1-3H3,(H,16,21)(H,17,18)(H,19,20). The number of amides is 1. The van der Waals surface area contributed by atoms with E-state index >= 15 is 0 Å². The third kappa shape index (κ3) is 4.47. The molecule has 0 unspecified atom stereocenters. The van der Waals surface area contributed by atoms with Crippen LogP contribution in [0.15, 0.2) is 30.3 Å². The molecular weight excluding hydrogens is 290 g/mol. The first-order valence-electron chi connectivity index (χ1n) is 6.59. The summed E-state index contributed by atoms with van der Waals surface area (Å²) in [6, 6.07) is 8.18. The molecule has 0 spiro atoms. The van der Waals surface area contributed by atoms with Crippen molar-refractivity contribution in [2.75, 3.05) is 0 Å². The van der Waals surface area contributed by atoms with Gasteiger partial charge in [0.25, 0.3) is 0 Å². The van der Waals surface area contributed by atoms with Crippen LogP contribution in [0.4, 0.5) is 4.79 Å². The average molecular weight is 309 g/mol. The normalized spacial score (nSPS) is 11.6. The van der Waals surface area contributed by atoms with Gasteiger partial charge in [-0.25, -0.2) is 14.4 Å². The molecule has 1 aromatic carbocycles. The Hall–Kier alpha value is -2.57. The van der Waals surface area contributed by atoms with Crippen LogP contribution in [0.25, 0.3) is 0 Å². The van der Waals surface area contributed by atoms with Gasteiger partial charge in [-0.15, -0.1) is 0 Å². The molecule has 0 aromatic heterocycles. The number of benzene rings is 1. The molecule has 22 heavy (non-hydrogen) atoms. The Kier molecular flexibility index (Phi) is 5.14. The summed E-state index contributed by atoms with van der Waals surface area (Å²) < 4.78 is 4.95.